The molecule has 0 amide bonds. The Labute approximate surface area is 298 Å². The van der Waals surface area contributed by atoms with E-state index in [0.717, 1.165) is 11.4 Å². The summed E-state index contributed by atoms with van der Waals surface area (Å²) in [4.78, 5) is 0. The van der Waals surface area contributed by atoms with Crippen LogP contribution < -0.4 is 0 Å². The third-order valence-electron chi connectivity index (χ3n) is 10.5. The van der Waals surface area contributed by atoms with Crippen molar-refractivity contribution in [3.8, 4) is 33.6 Å². The van der Waals surface area contributed by atoms with Crippen LogP contribution in [0.2, 0.25) is 0 Å². The molecule has 0 radical (unpaired) electrons. The van der Waals surface area contributed by atoms with Crippen molar-refractivity contribution in [3.05, 3.63) is 182 Å². The summed E-state index contributed by atoms with van der Waals surface area (Å²) in [7, 11) is 0. The minimum absolute atomic E-state index is 1.15. The Morgan fingerprint density at radius 1 is 0.353 bits per heavy atom. The molecule has 11 aromatic rings. The van der Waals surface area contributed by atoms with E-state index in [0.29, 0.717) is 0 Å². The summed E-state index contributed by atoms with van der Waals surface area (Å²) in [6, 6.07) is 66.6. The monoisotopic (exact) mass is 666 g/mol. The summed E-state index contributed by atoms with van der Waals surface area (Å²) in [5.74, 6) is 0. The number of hydrogen-bond acceptors (Lipinski definition) is 1. The average Bonchev–Trinajstić information content (AvgIpc) is 3.86. The standard InChI is InChI=1S/C48H30N2S/c1-3-12-31(13-4-1)33-24-28-43-41(30-33)46-44(49(43)34-14-5-2-6-15-34)29-27-39-37-16-7-9-20-42(37)50(47(39)46)35-25-22-32(23-26-35)36-18-11-19-40-38-17-8-10-21-45(38)51-48(36)40/h1-30H. The van der Waals surface area contributed by atoms with Crippen LogP contribution in [0.5, 0.6) is 0 Å². The summed E-state index contributed by atoms with van der Waals surface area (Å²) in [6.07, 6.45) is 0. The Kier molecular flexibility index (Phi) is 6.16. The van der Waals surface area contributed by atoms with Crippen molar-refractivity contribution in [3.63, 3.8) is 0 Å². The maximum Gasteiger partial charge on any atom is 0.0641 e. The maximum absolute atomic E-state index is 2.49. The quantitative estimate of drug-likeness (QED) is 0.177. The number of nitrogens with zero attached hydrogens (tertiary/aromatic N) is 2. The molecule has 3 heteroatoms. The molecule has 3 aromatic heterocycles. The van der Waals surface area contributed by atoms with E-state index in [9.17, 15) is 0 Å². The Bertz CT molecular complexity index is 3110. The van der Waals surface area contributed by atoms with E-state index in [1.807, 2.05) is 11.3 Å². The fraction of sp³-hybridized carbons (Fsp3) is 0. The first-order chi connectivity index (χ1) is 25.3. The second-order valence-corrected chi connectivity index (χ2v) is 14.4. The summed E-state index contributed by atoms with van der Waals surface area (Å²) in [5, 5.41) is 7.68. The van der Waals surface area contributed by atoms with E-state index >= 15 is 0 Å². The predicted octanol–water partition coefficient (Wildman–Crippen LogP) is 13.6. The molecule has 0 atom stereocenters. The first kappa shape index (κ1) is 28.4. The fourth-order valence-electron chi connectivity index (χ4n) is 8.26. The van der Waals surface area contributed by atoms with Gasteiger partial charge in [-0.05, 0) is 76.9 Å². The Morgan fingerprint density at radius 2 is 1.00 bits per heavy atom. The molecule has 51 heavy (non-hydrogen) atoms. The van der Waals surface area contributed by atoms with Gasteiger partial charge in [-0.2, -0.15) is 0 Å². The summed E-state index contributed by atoms with van der Waals surface area (Å²) in [6.45, 7) is 0. The van der Waals surface area contributed by atoms with E-state index < -0.39 is 0 Å². The zero-order valence-corrected chi connectivity index (χ0v) is 28.4. The van der Waals surface area contributed by atoms with Crippen molar-refractivity contribution in [2.24, 2.45) is 0 Å². The molecule has 11 rings (SSSR count). The van der Waals surface area contributed by atoms with Crippen LogP contribution in [-0.2, 0) is 0 Å². The Balaban J connectivity index is 1.20. The number of rotatable bonds is 4. The van der Waals surface area contributed by atoms with Gasteiger partial charge in [0.05, 0.1) is 22.1 Å². The first-order valence-corrected chi connectivity index (χ1v) is 18.3. The second-order valence-electron chi connectivity index (χ2n) is 13.3. The summed E-state index contributed by atoms with van der Waals surface area (Å²) >= 11 is 1.88. The third-order valence-corrected chi connectivity index (χ3v) is 11.7. The highest BCUT2D eigenvalue weighted by atomic mass is 32.1. The summed E-state index contributed by atoms with van der Waals surface area (Å²) in [5.41, 5.74) is 12.1. The van der Waals surface area contributed by atoms with Gasteiger partial charge in [-0.1, -0.05) is 127 Å². The van der Waals surface area contributed by atoms with Crippen LogP contribution in [-0.4, -0.2) is 9.13 Å². The largest absolute Gasteiger partial charge is 0.309 e. The summed E-state index contributed by atoms with van der Waals surface area (Å²) < 4.78 is 7.58. The average molecular weight is 667 g/mol. The van der Waals surface area contributed by atoms with E-state index in [4.69, 9.17) is 0 Å². The highest BCUT2D eigenvalue weighted by molar-refractivity contribution is 7.26. The van der Waals surface area contributed by atoms with Crippen LogP contribution in [0.25, 0.3) is 97.4 Å². The van der Waals surface area contributed by atoms with Crippen LogP contribution in [0.4, 0.5) is 0 Å². The normalized spacial score (nSPS) is 11.9. The highest BCUT2D eigenvalue weighted by Gasteiger charge is 2.21. The molecule has 0 aliphatic carbocycles. The van der Waals surface area contributed by atoms with Gasteiger partial charge in [-0.15, -0.1) is 11.3 Å². The molecule has 0 aliphatic heterocycles. The predicted molar refractivity (Wildman–Crippen MR) is 219 cm³/mol. The lowest BCUT2D eigenvalue weighted by Gasteiger charge is -2.11. The van der Waals surface area contributed by atoms with Gasteiger partial charge in [0.2, 0.25) is 0 Å². The molecule has 3 heterocycles. The number of hydrogen-bond donors (Lipinski definition) is 0. The van der Waals surface area contributed by atoms with Crippen molar-refractivity contribution in [1.82, 2.24) is 9.13 Å². The van der Waals surface area contributed by atoms with Crippen molar-refractivity contribution >= 4 is 75.1 Å². The molecule has 0 fully saturated rings. The molecule has 238 valence electrons. The maximum atomic E-state index is 2.49. The molecule has 0 N–H and O–H groups in total. The van der Waals surface area contributed by atoms with Crippen LogP contribution in [0.3, 0.4) is 0 Å². The minimum Gasteiger partial charge on any atom is -0.309 e. The molecule has 8 aromatic carbocycles. The van der Waals surface area contributed by atoms with Crippen molar-refractivity contribution in [2.45, 2.75) is 0 Å². The molecular weight excluding hydrogens is 637 g/mol. The number of fused-ring (bicyclic) bond motifs is 10. The van der Waals surface area contributed by atoms with Gasteiger partial charge < -0.3 is 9.13 Å². The van der Waals surface area contributed by atoms with Gasteiger partial charge in [-0.3, -0.25) is 0 Å². The molecule has 0 bridgehead atoms. The molecule has 0 aliphatic rings. The number of para-hydroxylation sites is 2. The Hall–Kier alpha value is -6.42. The number of benzene rings is 8. The topological polar surface area (TPSA) is 9.86 Å². The molecule has 0 spiro atoms. The van der Waals surface area contributed by atoms with E-state index in [1.54, 1.807) is 0 Å². The highest BCUT2D eigenvalue weighted by Crippen LogP contribution is 2.44. The van der Waals surface area contributed by atoms with Gasteiger partial charge in [0.25, 0.3) is 0 Å². The van der Waals surface area contributed by atoms with Crippen LogP contribution in [0, 0.1) is 0 Å². The SMILES string of the molecule is c1ccc(-c2ccc3c(c2)c2c(ccc4c5ccccc5n(-c5ccc(-c6cccc7c6sc6ccccc67)cc5)c42)n3-c2ccccc2)cc1. The zero-order valence-electron chi connectivity index (χ0n) is 27.6. The first-order valence-electron chi connectivity index (χ1n) is 17.4. The molecule has 0 unspecified atom stereocenters. The van der Waals surface area contributed by atoms with Gasteiger partial charge in [0, 0.05) is 53.1 Å². The van der Waals surface area contributed by atoms with Gasteiger partial charge in [-0.25, -0.2) is 0 Å². The lowest BCUT2D eigenvalue weighted by atomic mass is 10.0. The molecule has 0 saturated carbocycles. The Morgan fingerprint density at radius 3 is 1.84 bits per heavy atom. The van der Waals surface area contributed by atoms with E-state index in [1.165, 1.54) is 86.0 Å². The van der Waals surface area contributed by atoms with Crippen LogP contribution in [0.15, 0.2) is 182 Å². The van der Waals surface area contributed by atoms with E-state index in [2.05, 4.69) is 191 Å². The fourth-order valence-corrected chi connectivity index (χ4v) is 9.50. The van der Waals surface area contributed by atoms with Crippen LogP contribution >= 0.6 is 11.3 Å². The lowest BCUT2D eigenvalue weighted by Crippen LogP contribution is -1.95. The third kappa shape index (κ3) is 4.22. The van der Waals surface area contributed by atoms with Crippen LogP contribution in [0.1, 0.15) is 0 Å². The van der Waals surface area contributed by atoms with Crippen molar-refractivity contribution < 1.29 is 0 Å². The number of aromatic nitrogens is 2. The second kappa shape index (κ2) is 11.0. The van der Waals surface area contributed by atoms with Gasteiger partial charge >= 0.3 is 0 Å². The zero-order chi connectivity index (χ0) is 33.5. The molecule has 0 saturated heterocycles. The lowest BCUT2D eigenvalue weighted by molar-refractivity contribution is 1.17. The van der Waals surface area contributed by atoms with Crippen molar-refractivity contribution in [2.75, 3.05) is 0 Å². The van der Waals surface area contributed by atoms with E-state index in [-0.39, 0.29) is 0 Å². The molecule has 2 nitrogen and oxygen atoms in total. The van der Waals surface area contributed by atoms with Gasteiger partial charge in [0.15, 0.2) is 0 Å². The minimum atomic E-state index is 1.15. The number of thiophene rings is 1. The molecular formula is C48H30N2S. The van der Waals surface area contributed by atoms with Crippen molar-refractivity contribution in [1.29, 1.82) is 0 Å². The van der Waals surface area contributed by atoms with Gasteiger partial charge in [0.1, 0.15) is 0 Å². The smallest absolute Gasteiger partial charge is 0.0641 e.